The van der Waals surface area contributed by atoms with Crippen molar-refractivity contribution in [2.24, 2.45) is 5.73 Å². The number of benzene rings is 1. The molecule has 0 unspecified atom stereocenters. The van der Waals surface area contributed by atoms with E-state index in [0.29, 0.717) is 6.07 Å². The molecular weight excluding hydrogens is 264 g/mol. The topological polar surface area (TPSA) is 55.1 Å². The maximum Gasteiger partial charge on any atom is 0.419 e. The van der Waals surface area contributed by atoms with Crippen molar-refractivity contribution in [3.63, 3.8) is 0 Å². The Kier molecular flexibility index (Phi) is 4.19. The number of amides is 1. The van der Waals surface area contributed by atoms with Crippen LogP contribution < -0.4 is 11.1 Å². The van der Waals surface area contributed by atoms with Gasteiger partial charge in [-0.25, -0.2) is 4.39 Å². The second kappa shape index (κ2) is 5.16. The fraction of sp³-hybridized carbons (Fsp3) is 0.417. The maximum absolute atomic E-state index is 13.1. The number of nitrogens with two attached hydrogens (primary N) is 1. The molecule has 0 saturated heterocycles. The molecule has 0 heterocycles. The molecule has 0 fully saturated rings. The number of rotatable bonds is 4. The quantitative estimate of drug-likeness (QED) is 0.830. The van der Waals surface area contributed by atoms with Gasteiger partial charge in [-0.15, -0.1) is 0 Å². The predicted octanol–water partition coefficient (Wildman–Crippen LogP) is 2.20. The fourth-order valence-electron chi connectivity index (χ4n) is 1.31. The number of hydrogen-bond donors (Lipinski definition) is 2. The minimum Gasteiger partial charge on any atom is -0.368 e. The average Bonchev–Trinajstić information content (AvgIpc) is 2.26. The van der Waals surface area contributed by atoms with Gasteiger partial charge in [-0.05, 0) is 31.5 Å². The molecular formula is C12H14F4N2O. The van der Waals surface area contributed by atoms with Crippen molar-refractivity contribution < 1.29 is 22.4 Å². The van der Waals surface area contributed by atoms with Crippen LogP contribution in [0.2, 0.25) is 0 Å². The van der Waals surface area contributed by atoms with Crippen LogP contribution in [0.15, 0.2) is 18.2 Å². The summed E-state index contributed by atoms with van der Waals surface area (Å²) in [6.07, 6.45) is -4.75. The van der Waals surface area contributed by atoms with Crippen molar-refractivity contribution in [2.75, 3.05) is 0 Å². The molecule has 106 valence electrons. The van der Waals surface area contributed by atoms with Crippen LogP contribution >= 0.6 is 0 Å². The van der Waals surface area contributed by atoms with Crippen molar-refractivity contribution >= 4 is 5.91 Å². The normalized spacial score (nSPS) is 12.5. The smallest absolute Gasteiger partial charge is 0.368 e. The van der Waals surface area contributed by atoms with Crippen molar-refractivity contribution in [3.8, 4) is 0 Å². The molecule has 3 nitrogen and oxygen atoms in total. The van der Waals surface area contributed by atoms with E-state index in [1.165, 1.54) is 19.9 Å². The Morgan fingerprint density at radius 1 is 1.32 bits per heavy atom. The summed E-state index contributed by atoms with van der Waals surface area (Å²) in [7, 11) is 0. The third-order valence-corrected chi connectivity index (χ3v) is 2.69. The highest BCUT2D eigenvalue weighted by molar-refractivity contribution is 5.83. The zero-order valence-electron chi connectivity index (χ0n) is 10.4. The van der Waals surface area contributed by atoms with Gasteiger partial charge in [-0.2, -0.15) is 13.2 Å². The van der Waals surface area contributed by atoms with Crippen LogP contribution in [0.3, 0.4) is 0 Å². The predicted molar refractivity (Wildman–Crippen MR) is 61.5 cm³/mol. The van der Waals surface area contributed by atoms with Crippen LogP contribution in [-0.4, -0.2) is 11.4 Å². The number of alkyl halides is 3. The summed E-state index contributed by atoms with van der Waals surface area (Å²) in [6.45, 7) is 2.98. The van der Waals surface area contributed by atoms with Gasteiger partial charge in [0.15, 0.2) is 0 Å². The molecule has 0 aliphatic heterocycles. The molecule has 3 N–H and O–H groups in total. The first-order valence-corrected chi connectivity index (χ1v) is 5.44. The van der Waals surface area contributed by atoms with Gasteiger partial charge in [-0.1, -0.05) is 6.07 Å². The van der Waals surface area contributed by atoms with Gasteiger partial charge in [0.05, 0.1) is 11.1 Å². The third kappa shape index (κ3) is 3.92. The standard InChI is InChI=1S/C12H14F4N2O/c1-11(2,10(17)19)18-6-7-3-4-9(13)8(5-7)12(14,15)16/h3-5,18H,6H2,1-2H3,(H2,17,19). The monoisotopic (exact) mass is 278 g/mol. The fourth-order valence-corrected chi connectivity index (χ4v) is 1.31. The van der Waals surface area contributed by atoms with Crippen LogP contribution in [0.4, 0.5) is 17.6 Å². The van der Waals surface area contributed by atoms with Crippen molar-refractivity contribution in [2.45, 2.75) is 32.1 Å². The molecule has 0 spiro atoms. The van der Waals surface area contributed by atoms with E-state index in [2.05, 4.69) is 5.32 Å². The molecule has 0 aliphatic rings. The van der Waals surface area contributed by atoms with E-state index in [4.69, 9.17) is 5.73 Å². The van der Waals surface area contributed by atoms with Gasteiger partial charge in [0.2, 0.25) is 5.91 Å². The lowest BCUT2D eigenvalue weighted by atomic mass is 10.0. The second-order valence-electron chi connectivity index (χ2n) is 4.65. The minimum atomic E-state index is -4.75. The number of nitrogens with one attached hydrogen (secondary N) is 1. The van der Waals surface area contributed by atoms with E-state index in [-0.39, 0.29) is 12.1 Å². The minimum absolute atomic E-state index is 0.0285. The Labute approximate surface area is 107 Å². The molecule has 1 amide bonds. The van der Waals surface area contributed by atoms with Crippen molar-refractivity contribution in [3.05, 3.63) is 35.1 Å². The summed E-state index contributed by atoms with van der Waals surface area (Å²) < 4.78 is 50.5. The Balaban J connectivity index is 2.90. The molecule has 1 rings (SSSR count). The first-order valence-electron chi connectivity index (χ1n) is 5.44. The zero-order valence-corrected chi connectivity index (χ0v) is 10.4. The highest BCUT2D eigenvalue weighted by Crippen LogP contribution is 2.31. The summed E-state index contributed by atoms with van der Waals surface area (Å²) in [6, 6.07) is 2.67. The van der Waals surface area contributed by atoms with Crippen LogP contribution in [0, 0.1) is 5.82 Å². The molecule has 1 aromatic rings. The summed E-state index contributed by atoms with van der Waals surface area (Å²) >= 11 is 0. The molecule has 0 atom stereocenters. The molecule has 19 heavy (non-hydrogen) atoms. The summed E-state index contributed by atoms with van der Waals surface area (Å²) in [5.74, 6) is -1.96. The lowest BCUT2D eigenvalue weighted by Gasteiger charge is -2.22. The summed E-state index contributed by atoms with van der Waals surface area (Å²) in [4.78, 5) is 11.0. The van der Waals surface area contributed by atoms with Crippen LogP contribution in [0.5, 0.6) is 0 Å². The SMILES string of the molecule is CC(C)(NCc1ccc(F)c(C(F)(F)F)c1)C(N)=O. The Bertz CT molecular complexity index is 483. The molecule has 1 aromatic carbocycles. The Morgan fingerprint density at radius 3 is 2.37 bits per heavy atom. The number of hydrogen-bond acceptors (Lipinski definition) is 2. The van der Waals surface area contributed by atoms with E-state index >= 15 is 0 Å². The van der Waals surface area contributed by atoms with Gasteiger partial charge < -0.3 is 5.73 Å². The van der Waals surface area contributed by atoms with Gasteiger partial charge >= 0.3 is 6.18 Å². The zero-order chi connectivity index (χ0) is 14.8. The molecule has 0 saturated carbocycles. The summed E-state index contributed by atoms with van der Waals surface area (Å²) in [5.41, 5.74) is 2.93. The van der Waals surface area contributed by atoms with E-state index in [1.54, 1.807) is 0 Å². The first-order chi connectivity index (χ1) is 8.54. The van der Waals surface area contributed by atoms with E-state index in [9.17, 15) is 22.4 Å². The maximum atomic E-state index is 13.1. The van der Waals surface area contributed by atoms with Crippen LogP contribution in [0.25, 0.3) is 0 Å². The van der Waals surface area contributed by atoms with E-state index < -0.39 is 29.0 Å². The van der Waals surface area contributed by atoms with Gasteiger partial charge in [0.25, 0.3) is 0 Å². The summed E-state index contributed by atoms with van der Waals surface area (Å²) in [5, 5.41) is 2.71. The van der Waals surface area contributed by atoms with Gasteiger partial charge in [-0.3, -0.25) is 10.1 Å². The molecule has 0 aliphatic carbocycles. The molecule has 0 radical (unpaired) electrons. The molecule has 0 bridgehead atoms. The van der Waals surface area contributed by atoms with Crippen molar-refractivity contribution in [1.29, 1.82) is 0 Å². The average molecular weight is 278 g/mol. The molecule has 0 aromatic heterocycles. The highest BCUT2D eigenvalue weighted by Gasteiger charge is 2.34. The Hall–Kier alpha value is -1.63. The number of carbonyl (C=O) groups excluding carboxylic acids is 1. The highest BCUT2D eigenvalue weighted by atomic mass is 19.4. The first kappa shape index (κ1) is 15.4. The van der Waals surface area contributed by atoms with Crippen LogP contribution in [0.1, 0.15) is 25.0 Å². The Morgan fingerprint density at radius 2 is 1.89 bits per heavy atom. The largest absolute Gasteiger partial charge is 0.419 e. The number of carbonyl (C=O) groups is 1. The van der Waals surface area contributed by atoms with Gasteiger partial charge in [0.1, 0.15) is 5.82 Å². The lowest BCUT2D eigenvalue weighted by molar-refractivity contribution is -0.140. The van der Waals surface area contributed by atoms with Crippen LogP contribution in [-0.2, 0) is 17.5 Å². The van der Waals surface area contributed by atoms with E-state index in [0.717, 1.165) is 6.07 Å². The third-order valence-electron chi connectivity index (χ3n) is 2.69. The van der Waals surface area contributed by atoms with Gasteiger partial charge in [0, 0.05) is 6.54 Å². The molecule has 7 heteroatoms. The van der Waals surface area contributed by atoms with Crippen molar-refractivity contribution in [1.82, 2.24) is 5.32 Å². The van der Waals surface area contributed by atoms with E-state index in [1.807, 2.05) is 0 Å². The number of halogens is 4. The lowest BCUT2D eigenvalue weighted by Crippen LogP contribution is -2.50. The number of primary amides is 1. The second-order valence-corrected chi connectivity index (χ2v) is 4.65.